The van der Waals surface area contributed by atoms with Crippen molar-refractivity contribution >= 4 is 28.3 Å². The van der Waals surface area contributed by atoms with Crippen LogP contribution in [0.4, 0.5) is 5.13 Å². The summed E-state index contributed by atoms with van der Waals surface area (Å²) in [6, 6.07) is 13.2. The Balaban J connectivity index is 1.34. The minimum absolute atomic E-state index is 0.0333. The molecule has 1 aliphatic heterocycles. The van der Waals surface area contributed by atoms with E-state index in [-0.39, 0.29) is 17.7 Å². The fourth-order valence-electron chi connectivity index (χ4n) is 3.21. The van der Waals surface area contributed by atoms with Gasteiger partial charge in [0.05, 0.1) is 5.69 Å². The monoisotopic (exact) mass is 393 g/mol. The van der Waals surface area contributed by atoms with E-state index in [1.165, 1.54) is 11.3 Å². The van der Waals surface area contributed by atoms with Crippen molar-refractivity contribution in [3.63, 3.8) is 0 Å². The van der Waals surface area contributed by atoms with E-state index in [1.807, 2.05) is 41.8 Å². The van der Waals surface area contributed by atoms with Crippen LogP contribution >= 0.6 is 11.3 Å². The highest BCUT2D eigenvalue weighted by Crippen LogP contribution is 2.22. The molecule has 142 valence electrons. The summed E-state index contributed by atoms with van der Waals surface area (Å²) in [5.41, 5.74) is 2.01. The molecule has 1 saturated heterocycles. The van der Waals surface area contributed by atoms with Crippen molar-refractivity contribution in [2.75, 3.05) is 18.4 Å². The third-order valence-electron chi connectivity index (χ3n) is 4.77. The Morgan fingerprint density at radius 2 is 1.82 bits per heavy atom. The predicted octanol–water partition coefficient (Wildman–Crippen LogP) is 3.09. The highest BCUT2D eigenvalue weighted by Gasteiger charge is 2.28. The second-order valence-corrected chi connectivity index (χ2v) is 7.46. The molecule has 0 saturated carbocycles. The van der Waals surface area contributed by atoms with Crippen LogP contribution in [0.5, 0.6) is 0 Å². The number of nitrogens with zero attached hydrogens (tertiary/aromatic N) is 4. The molecular weight excluding hydrogens is 374 g/mol. The van der Waals surface area contributed by atoms with Crippen molar-refractivity contribution in [3.05, 3.63) is 59.7 Å². The van der Waals surface area contributed by atoms with Crippen molar-refractivity contribution in [1.82, 2.24) is 20.1 Å². The first-order valence-corrected chi connectivity index (χ1v) is 9.97. The lowest BCUT2D eigenvalue weighted by molar-refractivity contribution is -0.121. The lowest BCUT2D eigenvalue weighted by Crippen LogP contribution is -2.41. The maximum atomic E-state index is 12.7. The predicted molar refractivity (Wildman–Crippen MR) is 107 cm³/mol. The molecule has 0 aliphatic carbocycles. The Morgan fingerprint density at radius 1 is 1.04 bits per heavy atom. The van der Waals surface area contributed by atoms with Gasteiger partial charge in [-0.1, -0.05) is 30.3 Å². The number of benzene rings is 1. The Hall–Kier alpha value is -3.13. The molecule has 3 heterocycles. The van der Waals surface area contributed by atoms with Gasteiger partial charge < -0.3 is 10.2 Å². The largest absolute Gasteiger partial charge is 0.337 e. The summed E-state index contributed by atoms with van der Waals surface area (Å²) in [5.74, 6) is -0.292. The number of aromatic nitrogens is 3. The average Bonchev–Trinajstić information content (AvgIpc) is 3.27. The third-order valence-corrected chi connectivity index (χ3v) is 5.46. The fourth-order valence-corrected chi connectivity index (χ4v) is 3.74. The van der Waals surface area contributed by atoms with Gasteiger partial charge in [-0.3, -0.25) is 9.59 Å². The van der Waals surface area contributed by atoms with Crippen LogP contribution in [-0.2, 0) is 4.79 Å². The Morgan fingerprint density at radius 3 is 2.46 bits per heavy atom. The Bertz CT molecular complexity index is 936. The number of thiazole rings is 1. The number of amides is 2. The van der Waals surface area contributed by atoms with E-state index < -0.39 is 0 Å². The van der Waals surface area contributed by atoms with Crippen molar-refractivity contribution in [2.45, 2.75) is 12.8 Å². The summed E-state index contributed by atoms with van der Waals surface area (Å²) in [5, 5.41) is 13.6. The first-order valence-electron chi connectivity index (χ1n) is 9.09. The first kappa shape index (κ1) is 18.2. The van der Waals surface area contributed by atoms with Crippen LogP contribution in [0, 0.1) is 5.92 Å². The van der Waals surface area contributed by atoms with Crippen molar-refractivity contribution < 1.29 is 9.59 Å². The summed E-state index contributed by atoms with van der Waals surface area (Å²) in [7, 11) is 0. The zero-order valence-electron chi connectivity index (χ0n) is 15.1. The van der Waals surface area contributed by atoms with Gasteiger partial charge in [-0.25, -0.2) is 4.98 Å². The van der Waals surface area contributed by atoms with Crippen molar-refractivity contribution in [2.24, 2.45) is 5.92 Å². The molecule has 1 aromatic carbocycles. The van der Waals surface area contributed by atoms with Gasteiger partial charge >= 0.3 is 0 Å². The molecule has 4 rings (SSSR count). The highest BCUT2D eigenvalue weighted by atomic mass is 32.1. The standard InChI is InChI=1S/C20H19N5O2S/c26-18(22-20-21-10-13-28-20)15-8-11-25(12-9-15)19(27)17-7-6-16(23-24-17)14-4-2-1-3-5-14/h1-7,10,13,15H,8-9,11-12H2,(H,21,22,26). The van der Waals surface area contributed by atoms with Crippen LogP contribution in [-0.4, -0.2) is 45.0 Å². The molecule has 0 atom stereocenters. The summed E-state index contributed by atoms with van der Waals surface area (Å²) < 4.78 is 0. The number of hydrogen-bond donors (Lipinski definition) is 1. The minimum Gasteiger partial charge on any atom is -0.337 e. The summed E-state index contributed by atoms with van der Waals surface area (Å²) >= 11 is 1.39. The second-order valence-electron chi connectivity index (χ2n) is 6.56. The van der Waals surface area contributed by atoms with Gasteiger partial charge in [-0.05, 0) is 25.0 Å². The van der Waals surface area contributed by atoms with Gasteiger partial charge in [-0.2, -0.15) is 0 Å². The van der Waals surface area contributed by atoms with E-state index in [9.17, 15) is 9.59 Å². The van der Waals surface area contributed by atoms with E-state index in [2.05, 4.69) is 20.5 Å². The van der Waals surface area contributed by atoms with E-state index in [0.29, 0.717) is 36.8 Å². The highest BCUT2D eigenvalue weighted by molar-refractivity contribution is 7.13. The van der Waals surface area contributed by atoms with Gasteiger partial charge in [0.1, 0.15) is 0 Å². The van der Waals surface area contributed by atoms with Gasteiger partial charge in [0.25, 0.3) is 5.91 Å². The Labute approximate surface area is 166 Å². The summed E-state index contributed by atoms with van der Waals surface area (Å²) in [6.07, 6.45) is 2.91. The number of rotatable bonds is 4. The number of carbonyl (C=O) groups is 2. The van der Waals surface area contributed by atoms with Gasteiger partial charge in [0.15, 0.2) is 10.8 Å². The van der Waals surface area contributed by atoms with Crippen LogP contribution in [0.3, 0.4) is 0 Å². The lowest BCUT2D eigenvalue weighted by atomic mass is 9.96. The van der Waals surface area contributed by atoms with Gasteiger partial charge in [0, 0.05) is 36.1 Å². The molecular formula is C20H19N5O2S. The van der Waals surface area contributed by atoms with Crippen LogP contribution in [0.15, 0.2) is 54.0 Å². The van der Waals surface area contributed by atoms with E-state index in [0.717, 1.165) is 11.3 Å². The third kappa shape index (κ3) is 4.07. The molecule has 1 fully saturated rings. The maximum Gasteiger partial charge on any atom is 0.274 e. The molecule has 1 aliphatic rings. The zero-order valence-corrected chi connectivity index (χ0v) is 15.9. The molecule has 2 amide bonds. The topological polar surface area (TPSA) is 88.1 Å². The molecule has 1 N–H and O–H groups in total. The van der Waals surface area contributed by atoms with Gasteiger partial charge in [-0.15, -0.1) is 21.5 Å². The Kier molecular flexibility index (Phi) is 5.38. The zero-order chi connectivity index (χ0) is 19.3. The SMILES string of the molecule is O=C(Nc1nccs1)C1CCN(C(=O)c2ccc(-c3ccccc3)nn2)CC1. The number of hydrogen-bond acceptors (Lipinski definition) is 6. The quantitative estimate of drug-likeness (QED) is 0.736. The molecule has 28 heavy (non-hydrogen) atoms. The summed E-state index contributed by atoms with van der Waals surface area (Å²) in [4.78, 5) is 30.8. The van der Waals surface area contributed by atoms with Crippen LogP contribution in [0.25, 0.3) is 11.3 Å². The first-order chi connectivity index (χ1) is 13.7. The number of likely N-dealkylation sites (tertiary alicyclic amines) is 1. The molecule has 0 bridgehead atoms. The van der Waals surface area contributed by atoms with Crippen LogP contribution in [0.2, 0.25) is 0 Å². The van der Waals surface area contributed by atoms with Crippen LogP contribution < -0.4 is 5.32 Å². The second kappa shape index (κ2) is 8.26. The minimum atomic E-state index is -0.147. The number of anilines is 1. The molecule has 0 spiro atoms. The van der Waals surface area contributed by atoms with E-state index >= 15 is 0 Å². The average molecular weight is 393 g/mol. The van der Waals surface area contributed by atoms with Crippen molar-refractivity contribution in [3.8, 4) is 11.3 Å². The number of carbonyl (C=O) groups excluding carboxylic acids is 2. The summed E-state index contributed by atoms with van der Waals surface area (Å²) in [6.45, 7) is 1.05. The van der Waals surface area contributed by atoms with E-state index in [4.69, 9.17) is 0 Å². The number of nitrogens with one attached hydrogen (secondary N) is 1. The normalized spacial score (nSPS) is 14.6. The molecule has 8 heteroatoms. The lowest BCUT2D eigenvalue weighted by Gasteiger charge is -2.30. The van der Waals surface area contributed by atoms with Crippen LogP contribution in [0.1, 0.15) is 23.3 Å². The van der Waals surface area contributed by atoms with E-state index in [1.54, 1.807) is 17.2 Å². The molecule has 3 aromatic rings. The molecule has 0 radical (unpaired) electrons. The van der Waals surface area contributed by atoms with Crippen molar-refractivity contribution in [1.29, 1.82) is 0 Å². The molecule has 2 aromatic heterocycles. The maximum absolute atomic E-state index is 12.7. The smallest absolute Gasteiger partial charge is 0.274 e. The fraction of sp³-hybridized carbons (Fsp3) is 0.250. The number of piperidine rings is 1. The molecule has 0 unspecified atom stereocenters. The van der Waals surface area contributed by atoms with Gasteiger partial charge in [0.2, 0.25) is 5.91 Å². The molecule has 7 nitrogen and oxygen atoms in total.